The zero-order valence-corrected chi connectivity index (χ0v) is 16.9. The van der Waals surface area contributed by atoms with Crippen LogP contribution in [0.4, 0.5) is 0 Å². The number of hydrogen-bond acceptors (Lipinski definition) is 4. The van der Waals surface area contributed by atoms with Crippen molar-refractivity contribution in [3.05, 3.63) is 53.5 Å². The first-order valence-electron chi connectivity index (χ1n) is 10.0. The summed E-state index contributed by atoms with van der Waals surface area (Å²) in [4.78, 5) is 29.2. The number of aryl methyl sites for hydroxylation is 2. The van der Waals surface area contributed by atoms with Crippen molar-refractivity contribution in [1.82, 2.24) is 19.5 Å². The largest absolute Gasteiger partial charge is 0.361 e. The molecule has 1 fully saturated rings. The van der Waals surface area contributed by atoms with Gasteiger partial charge in [0, 0.05) is 56.4 Å². The Balaban J connectivity index is 1.37. The van der Waals surface area contributed by atoms with Crippen LogP contribution in [0.2, 0.25) is 0 Å². The van der Waals surface area contributed by atoms with Crippen molar-refractivity contribution in [2.45, 2.75) is 26.2 Å². The maximum atomic E-state index is 12.9. The number of amides is 2. The number of hydrogen-bond donors (Lipinski definition) is 0. The lowest BCUT2D eigenvalue weighted by Crippen LogP contribution is -2.38. The first kappa shape index (κ1) is 19.2. The van der Waals surface area contributed by atoms with Crippen molar-refractivity contribution in [1.29, 1.82) is 0 Å². The van der Waals surface area contributed by atoms with E-state index < -0.39 is 0 Å². The molecule has 0 N–H and O–H groups in total. The van der Waals surface area contributed by atoms with Crippen LogP contribution in [-0.4, -0.2) is 57.5 Å². The number of fused-ring (bicyclic) bond motifs is 1. The molecular formula is C22H26N4O3. The smallest absolute Gasteiger partial charge is 0.230 e. The van der Waals surface area contributed by atoms with Gasteiger partial charge in [0.15, 0.2) is 0 Å². The summed E-state index contributed by atoms with van der Waals surface area (Å²) >= 11 is 0. The van der Waals surface area contributed by atoms with Crippen LogP contribution in [0.1, 0.15) is 23.4 Å². The van der Waals surface area contributed by atoms with E-state index in [1.54, 1.807) is 6.07 Å². The standard InChI is InChI=1S/C22H26N4O3/c1-16-12-18(29-23-16)14-22(28)26-9-5-8-25(10-11-26)21(27)13-17-15-24(2)20-7-4-3-6-19(17)20/h3-4,6-7,12,15H,5,8-11,13-14H2,1-2H3. The Hall–Kier alpha value is -3.09. The van der Waals surface area contributed by atoms with Crippen molar-refractivity contribution in [2.24, 2.45) is 7.05 Å². The van der Waals surface area contributed by atoms with Gasteiger partial charge in [0.05, 0.1) is 18.5 Å². The maximum Gasteiger partial charge on any atom is 0.230 e. The molecule has 2 aromatic heterocycles. The Morgan fingerprint density at radius 3 is 2.41 bits per heavy atom. The Morgan fingerprint density at radius 1 is 1.03 bits per heavy atom. The number of nitrogens with zero attached hydrogens (tertiary/aromatic N) is 4. The Morgan fingerprint density at radius 2 is 1.72 bits per heavy atom. The van der Waals surface area contributed by atoms with E-state index in [4.69, 9.17) is 4.52 Å². The molecule has 0 bridgehead atoms. The first-order valence-corrected chi connectivity index (χ1v) is 10.0. The predicted molar refractivity (Wildman–Crippen MR) is 109 cm³/mol. The molecule has 0 atom stereocenters. The van der Waals surface area contributed by atoms with Crippen LogP contribution in [0.5, 0.6) is 0 Å². The molecule has 3 heterocycles. The third-order valence-corrected chi connectivity index (χ3v) is 5.52. The maximum absolute atomic E-state index is 12.9. The first-order chi connectivity index (χ1) is 14.0. The summed E-state index contributed by atoms with van der Waals surface area (Å²) in [5, 5.41) is 4.95. The van der Waals surface area contributed by atoms with Crippen molar-refractivity contribution >= 4 is 22.7 Å². The summed E-state index contributed by atoms with van der Waals surface area (Å²) < 4.78 is 7.22. The van der Waals surface area contributed by atoms with E-state index in [1.807, 2.05) is 42.1 Å². The summed E-state index contributed by atoms with van der Waals surface area (Å²) in [5.41, 5.74) is 2.95. The Labute approximate surface area is 169 Å². The minimum atomic E-state index is 0.0181. The number of benzene rings is 1. The molecule has 0 radical (unpaired) electrons. The van der Waals surface area contributed by atoms with Crippen molar-refractivity contribution in [3.63, 3.8) is 0 Å². The molecule has 29 heavy (non-hydrogen) atoms. The molecule has 7 nitrogen and oxygen atoms in total. The number of carbonyl (C=O) groups excluding carboxylic acids is 2. The van der Waals surface area contributed by atoms with Crippen LogP contribution in [0.25, 0.3) is 10.9 Å². The highest BCUT2D eigenvalue weighted by atomic mass is 16.5. The number of para-hydroxylation sites is 1. The molecule has 0 unspecified atom stereocenters. The quantitative estimate of drug-likeness (QED) is 0.681. The summed E-state index contributed by atoms with van der Waals surface area (Å²) in [6.45, 7) is 4.28. The van der Waals surface area contributed by atoms with E-state index in [9.17, 15) is 9.59 Å². The third-order valence-electron chi connectivity index (χ3n) is 5.52. The van der Waals surface area contributed by atoms with Gasteiger partial charge in [-0.1, -0.05) is 23.4 Å². The summed E-state index contributed by atoms with van der Waals surface area (Å²) in [6, 6.07) is 9.92. The minimum Gasteiger partial charge on any atom is -0.361 e. The van der Waals surface area contributed by atoms with Gasteiger partial charge >= 0.3 is 0 Å². The fraction of sp³-hybridized carbons (Fsp3) is 0.409. The van der Waals surface area contributed by atoms with Crippen LogP contribution in [0.15, 0.2) is 41.1 Å². The van der Waals surface area contributed by atoms with Crippen molar-refractivity contribution < 1.29 is 14.1 Å². The SMILES string of the molecule is Cc1cc(CC(=O)N2CCCN(C(=O)Cc3cn(C)c4ccccc34)CC2)on1. The Kier molecular flexibility index (Phi) is 5.38. The monoisotopic (exact) mass is 394 g/mol. The molecule has 1 aromatic carbocycles. The van der Waals surface area contributed by atoms with Gasteiger partial charge in [-0.3, -0.25) is 9.59 Å². The molecule has 1 aliphatic heterocycles. The highest BCUT2D eigenvalue weighted by Crippen LogP contribution is 2.21. The molecule has 4 rings (SSSR count). The van der Waals surface area contributed by atoms with Crippen LogP contribution in [-0.2, 0) is 29.5 Å². The second-order valence-electron chi connectivity index (χ2n) is 7.69. The molecule has 0 spiro atoms. The normalized spacial score (nSPS) is 15.0. The van der Waals surface area contributed by atoms with Gasteiger partial charge in [-0.2, -0.15) is 0 Å². The van der Waals surface area contributed by atoms with E-state index in [-0.39, 0.29) is 18.2 Å². The second-order valence-corrected chi connectivity index (χ2v) is 7.69. The van der Waals surface area contributed by atoms with E-state index in [1.165, 1.54) is 0 Å². The lowest BCUT2D eigenvalue weighted by atomic mass is 10.1. The molecule has 0 saturated carbocycles. The van der Waals surface area contributed by atoms with E-state index >= 15 is 0 Å². The van der Waals surface area contributed by atoms with Crippen molar-refractivity contribution in [3.8, 4) is 0 Å². The van der Waals surface area contributed by atoms with Gasteiger partial charge in [-0.05, 0) is 25.0 Å². The molecule has 2 amide bonds. The second kappa shape index (κ2) is 8.11. The summed E-state index contributed by atoms with van der Waals surface area (Å²) in [5.74, 6) is 0.714. The zero-order valence-electron chi connectivity index (χ0n) is 16.9. The van der Waals surface area contributed by atoms with E-state index in [2.05, 4.69) is 21.9 Å². The molecule has 3 aromatic rings. The minimum absolute atomic E-state index is 0.0181. The molecule has 7 heteroatoms. The fourth-order valence-electron chi connectivity index (χ4n) is 4.02. The van der Waals surface area contributed by atoms with Gasteiger partial charge in [0.2, 0.25) is 11.8 Å². The van der Waals surface area contributed by atoms with Crippen LogP contribution < -0.4 is 0 Å². The average Bonchev–Trinajstić information content (AvgIpc) is 3.14. The Bertz CT molecular complexity index is 1040. The van der Waals surface area contributed by atoms with E-state index in [0.717, 1.165) is 28.6 Å². The predicted octanol–water partition coefficient (Wildman–Crippen LogP) is 2.32. The molecule has 1 saturated heterocycles. The topological polar surface area (TPSA) is 71.6 Å². The van der Waals surface area contributed by atoms with Gasteiger partial charge in [0.25, 0.3) is 0 Å². The highest BCUT2D eigenvalue weighted by Gasteiger charge is 2.23. The van der Waals surface area contributed by atoms with Crippen molar-refractivity contribution in [2.75, 3.05) is 26.2 Å². The zero-order chi connectivity index (χ0) is 20.4. The van der Waals surface area contributed by atoms with E-state index in [0.29, 0.717) is 38.4 Å². The number of aromatic nitrogens is 2. The fourth-order valence-corrected chi connectivity index (χ4v) is 4.02. The summed E-state index contributed by atoms with van der Waals surface area (Å²) in [6.07, 6.45) is 3.41. The van der Waals surface area contributed by atoms with Gasteiger partial charge in [0.1, 0.15) is 5.76 Å². The van der Waals surface area contributed by atoms with Crippen LogP contribution in [0, 0.1) is 6.92 Å². The van der Waals surface area contributed by atoms with Gasteiger partial charge < -0.3 is 18.9 Å². The molecular weight excluding hydrogens is 368 g/mol. The van der Waals surface area contributed by atoms with Crippen LogP contribution in [0.3, 0.4) is 0 Å². The average molecular weight is 394 g/mol. The lowest BCUT2D eigenvalue weighted by Gasteiger charge is -2.22. The number of rotatable bonds is 4. The lowest BCUT2D eigenvalue weighted by molar-refractivity contribution is -0.133. The van der Waals surface area contributed by atoms with Gasteiger partial charge in [-0.25, -0.2) is 0 Å². The van der Waals surface area contributed by atoms with Gasteiger partial charge in [-0.15, -0.1) is 0 Å². The number of carbonyl (C=O) groups is 2. The van der Waals surface area contributed by atoms with Crippen LogP contribution >= 0.6 is 0 Å². The third kappa shape index (κ3) is 4.18. The molecule has 152 valence electrons. The summed E-state index contributed by atoms with van der Waals surface area (Å²) in [7, 11) is 2.00. The molecule has 0 aliphatic carbocycles. The molecule has 1 aliphatic rings. The highest BCUT2D eigenvalue weighted by molar-refractivity contribution is 5.89.